The zero-order chi connectivity index (χ0) is 15.6. The molecule has 0 radical (unpaired) electrons. The monoisotopic (exact) mass is 308 g/mol. The number of Topliss-reactive ketones (excluding diaryl/α,β-unsaturated/α-hetero) is 1. The van der Waals surface area contributed by atoms with Gasteiger partial charge in [-0.1, -0.05) is 0 Å². The Kier molecular flexibility index (Phi) is 4.67. The van der Waals surface area contributed by atoms with Gasteiger partial charge in [-0.05, 0) is 32.1 Å². The summed E-state index contributed by atoms with van der Waals surface area (Å²) in [4.78, 5) is 29.9. The van der Waals surface area contributed by atoms with Crippen molar-refractivity contribution in [3.05, 3.63) is 23.0 Å². The highest BCUT2D eigenvalue weighted by atomic mass is 32.1. The Morgan fingerprint density at radius 3 is 2.76 bits per heavy atom. The number of esters is 1. The molecule has 0 saturated carbocycles. The summed E-state index contributed by atoms with van der Waals surface area (Å²) in [6, 6.07) is 1.34. The maximum absolute atomic E-state index is 11.5. The smallest absolute Gasteiger partial charge is 0.303 e. The molecule has 2 heterocycles. The van der Waals surface area contributed by atoms with Crippen LogP contribution in [0.15, 0.2) is 11.1 Å². The third kappa shape index (κ3) is 3.26. The number of rotatable bonds is 4. The Balaban J connectivity index is 2.32. The third-order valence-electron chi connectivity index (χ3n) is 3.37. The van der Waals surface area contributed by atoms with E-state index in [1.54, 1.807) is 6.07 Å². The van der Waals surface area contributed by atoms with Gasteiger partial charge >= 0.3 is 5.97 Å². The van der Waals surface area contributed by atoms with Crippen LogP contribution in [0.1, 0.15) is 41.7 Å². The predicted octanol–water partition coefficient (Wildman–Crippen LogP) is 2.00. The number of thiocarbonyl (C=S) groups is 1. The van der Waals surface area contributed by atoms with Gasteiger partial charge in [0, 0.05) is 23.9 Å². The molecule has 2 rings (SSSR count). The Bertz CT molecular complexity index is 618. The van der Waals surface area contributed by atoms with Gasteiger partial charge < -0.3 is 14.5 Å². The average Bonchev–Trinajstić information content (AvgIpc) is 2.94. The van der Waals surface area contributed by atoms with Crippen molar-refractivity contribution in [3.63, 3.8) is 0 Å². The normalized spacial score (nSPS) is 24.4. The van der Waals surface area contributed by atoms with Crippen molar-refractivity contribution in [2.45, 2.75) is 39.0 Å². The van der Waals surface area contributed by atoms with Crippen molar-refractivity contribution in [2.24, 2.45) is 4.99 Å². The maximum Gasteiger partial charge on any atom is 0.303 e. The number of carbonyl (C=O) groups is 2. The second kappa shape index (κ2) is 6.30. The lowest BCUT2D eigenvalue weighted by molar-refractivity contribution is -0.149. The zero-order valence-corrected chi connectivity index (χ0v) is 12.8. The molecule has 1 saturated heterocycles. The van der Waals surface area contributed by atoms with Crippen LogP contribution < -0.4 is 0 Å². The van der Waals surface area contributed by atoms with Crippen LogP contribution in [0.25, 0.3) is 0 Å². The molecule has 0 aliphatic carbocycles. The number of H-pyrrole nitrogens is 1. The number of ether oxygens (including phenoxy) is 2. The number of carbonyl (C=O) groups excluding carboxylic acids is 2. The second-order valence-electron chi connectivity index (χ2n) is 4.94. The lowest BCUT2D eigenvalue weighted by Crippen LogP contribution is -2.29. The number of aromatic nitrogens is 1. The van der Waals surface area contributed by atoms with Crippen LogP contribution in [0.5, 0.6) is 0 Å². The summed E-state index contributed by atoms with van der Waals surface area (Å²) in [7, 11) is 0. The van der Waals surface area contributed by atoms with E-state index in [0.717, 1.165) is 5.69 Å². The van der Waals surface area contributed by atoms with Crippen molar-refractivity contribution >= 4 is 29.1 Å². The van der Waals surface area contributed by atoms with E-state index in [9.17, 15) is 9.59 Å². The SMILES string of the molecule is CC(=O)O[C@@H]1[C@@H](N=C=S)CO[C@@H]1c1cc(C(C)=O)c(C)[nH]1. The van der Waals surface area contributed by atoms with E-state index in [2.05, 4.69) is 27.4 Å². The van der Waals surface area contributed by atoms with Gasteiger partial charge in [0.1, 0.15) is 12.1 Å². The van der Waals surface area contributed by atoms with Gasteiger partial charge in [-0.2, -0.15) is 0 Å². The number of nitrogens with zero attached hydrogens (tertiary/aromatic N) is 1. The molecule has 0 spiro atoms. The number of hydrogen-bond acceptors (Lipinski definition) is 6. The summed E-state index contributed by atoms with van der Waals surface area (Å²) in [5, 5.41) is 2.29. The Hall–Kier alpha value is -1.82. The second-order valence-corrected chi connectivity index (χ2v) is 5.12. The molecule has 112 valence electrons. The zero-order valence-electron chi connectivity index (χ0n) is 12.0. The Morgan fingerprint density at radius 2 is 2.24 bits per heavy atom. The highest BCUT2D eigenvalue weighted by molar-refractivity contribution is 7.78. The molecule has 1 aliphatic rings. The summed E-state index contributed by atoms with van der Waals surface area (Å²) in [6.07, 6.45) is -1.09. The first-order valence-corrected chi connectivity index (χ1v) is 6.91. The van der Waals surface area contributed by atoms with Crippen LogP contribution in [0.3, 0.4) is 0 Å². The number of nitrogens with one attached hydrogen (secondary N) is 1. The molecule has 7 heteroatoms. The van der Waals surface area contributed by atoms with Crippen molar-refractivity contribution in [1.29, 1.82) is 0 Å². The summed E-state index contributed by atoms with van der Waals surface area (Å²) in [5.41, 5.74) is 2.03. The lowest BCUT2D eigenvalue weighted by atomic mass is 10.1. The van der Waals surface area contributed by atoms with Crippen molar-refractivity contribution < 1.29 is 19.1 Å². The summed E-state index contributed by atoms with van der Waals surface area (Å²) in [5.74, 6) is -0.458. The molecule has 1 aliphatic heterocycles. The van der Waals surface area contributed by atoms with Gasteiger partial charge in [-0.15, -0.1) is 0 Å². The molecular formula is C14H16N2O4S. The van der Waals surface area contributed by atoms with E-state index in [0.29, 0.717) is 11.3 Å². The molecule has 0 bridgehead atoms. The molecule has 1 N–H and O–H groups in total. The number of hydrogen-bond donors (Lipinski definition) is 1. The first-order valence-electron chi connectivity index (χ1n) is 6.50. The van der Waals surface area contributed by atoms with Gasteiger partial charge in [0.2, 0.25) is 0 Å². The number of ketones is 1. The van der Waals surface area contributed by atoms with E-state index >= 15 is 0 Å². The molecule has 1 aromatic heterocycles. The quantitative estimate of drug-likeness (QED) is 0.398. The largest absolute Gasteiger partial charge is 0.457 e. The van der Waals surface area contributed by atoms with Crippen molar-refractivity contribution in [1.82, 2.24) is 4.98 Å². The van der Waals surface area contributed by atoms with Gasteiger partial charge in [-0.25, -0.2) is 4.99 Å². The fourth-order valence-electron chi connectivity index (χ4n) is 2.47. The van der Waals surface area contributed by atoms with E-state index in [1.807, 2.05) is 6.92 Å². The van der Waals surface area contributed by atoms with E-state index in [-0.39, 0.29) is 18.4 Å². The van der Waals surface area contributed by atoms with Gasteiger partial charge in [0.05, 0.1) is 11.8 Å². The first-order chi connectivity index (χ1) is 9.93. The van der Waals surface area contributed by atoms with Crippen LogP contribution in [-0.2, 0) is 14.3 Å². The number of aliphatic imine (C=N–C) groups is 1. The average molecular weight is 308 g/mol. The summed E-state index contributed by atoms with van der Waals surface area (Å²) in [6.45, 7) is 4.91. The van der Waals surface area contributed by atoms with Crippen molar-refractivity contribution in [2.75, 3.05) is 6.61 Å². The van der Waals surface area contributed by atoms with Gasteiger partial charge in [0.25, 0.3) is 0 Å². The molecule has 6 nitrogen and oxygen atoms in total. The molecule has 1 aromatic rings. The maximum atomic E-state index is 11.5. The lowest BCUT2D eigenvalue weighted by Gasteiger charge is -2.19. The van der Waals surface area contributed by atoms with Crippen LogP contribution in [0.2, 0.25) is 0 Å². The molecule has 1 fully saturated rings. The standard InChI is InChI=1S/C14H16N2O4S/c1-7-10(8(2)17)4-11(16-7)13-14(20-9(3)18)12(5-19-13)15-6-21/h4,12-14,16H,5H2,1-3H3/t12-,13+,14+/m0/s1. The molecule has 0 aromatic carbocycles. The van der Waals surface area contributed by atoms with Gasteiger partial charge in [0.15, 0.2) is 11.9 Å². The Morgan fingerprint density at radius 1 is 1.52 bits per heavy atom. The summed E-state index contributed by atoms with van der Waals surface area (Å²) >= 11 is 4.60. The molecule has 3 atom stereocenters. The first kappa shape index (κ1) is 15.6. The van der Waals surface area contributed by atoms with Crippen LogP contribution in [0, 0.1) is 6.92 Å². The fraction of sp³-hybridized carbons (Fsp3) is 0.500. The van der Waals surface area contributed by atoms with E-state index in [4.69, 9.17) is 9.47 Å². The molecule has 0 unspecified atom stereocenters. The highest BCUT2D eigenvalue weighted by Gasteiger charge is 2.41. The van der Waals surface area contributed by atoms with E-state index in [1.165, 1.54) is 13.8 Å². The van der Waals surface area contributed by atoms with Gasteiger partial charge in [-0.3, -0.25) is 9.59 Å². The molecule has 21 heavy (non-hydrogen) atoms. The topological polar surface area (TPSA) is 80.8 Å². The Labute approximate surface area is 127 Å². The summed E-state index contributed by atoms with van der Waals surface area (Å²) < 4.78 is 11.0. The minimum atomic E-state index is -0.587. The number of aryl methyl sites for hydroxylation is 1. The van der Waals surface area contributed by atoms with Crippen LogP contribution in [0.4, 0.5) is 0 Å². The predicted molar refractivity (Wildman–Crippen MR) is 78.6 cm³/mol. The minimum Gasteiger partial charge on any atom is -0.457 e. The number of isothiocyanates is 1. The van der Waals surface area contributed by atoms with Crippen molar-refractivity contribution in [3.8, 4) is 0 Å². The minimum absolute atomic E-state index is 0.0366. The molecular weight excluding hydrogens is 292 g/mol. The molecule has 0 amide bonds. The fourth-order valence-corrected chi connectivity index (χ4v) is 2.61. The van der Waals surface area contributed by atoms with Crippen LogP contribution in [-0.4, -0.2) is 40.7 Å². The highest BCUT2D eigenvalue weighted by Crippen LogP contribution is 2.33. The third-order valence-corrected chi connectivity index (χ3v) is 3.47. The van der Waals surface area contributed by atoms with E-state index < -0.39 is 18.2 Å². The van der Waals surface area contributed by atoms with Crippen LogP contribution >= 0.6 is 12.2 Å². The number of aromatic amines is 1.